The van der Waals surface area contributed by atoms with Crippen LogP contribution in [0, 0.1) is 0 Å². The van der Waals surface area contributed by atoms with Crippen molar-refractivity contribution >= 4 is 17.5 Å². The number of benzene rings is 2. The van der Waals surface area contributed by atoms with Gasteiger partial charge < -0.3 is 15.0 Å². The largest absolute Gasteiger partial charge is 0.456 e. The van der Waals surface area contributed by atoms with Gasteiger partial charge in [0.05, 0.1) is 12.7 Å². The highest BCUT2D eigenvalue weighted by Gasteiger charge is 2.24. The Bertz CT molecular complexity index is 987. The van der Waals surface area contributed by atoms with Crippen LogP contribution < -0.4 is 15.0 Å². The van der Waals surface area contributed by atoms with Crippen molar-refractivity contribution in [1.29, 1.82) is 0 Å². The van der Waals surface area contributed by atoms with Gasteiger partial charge >= 0.3 is 0 Å². The van der Waals surface area contributed by atoms with Crippen LogP contribution in [0.15, 0.2) is 73.1 Å². The molecule has 2 amide bonds. The molecule has 0 aliphatic carbocycles. The Kier molecular flexibility index (Phi) is 5.01. The molecule has 1 N–H and O–H groups in total. The van der Waals surface area contributed by atoms with Crippen LogP contribution in [0.2, 0.25) is 0 Å². The number of pyridine rings is 1. The normalized spacial score (nSPS) is 12.4. The first-order valence-corrected chi connectivity index (χ1v) is 9.05. The van der Waals surface area contributed by atoms with Crippen molar-refractivity contribution in [2.75, 3.05) is 18.0 Å². The zero-order valence-corrected chi connectivity index (χ0v) is 15.2. The van der Waals surface area contributed by atoms with E-state index in [0.29, 0.717) is 23.6 Å². The fraction of sp³-hybridized carbons (Fsp3) is 0.136. The molecular weight excluding hydrogens is 354 g/mol. The SMILES string of the molecule is O=C(NCC(=O)N1CCc2ccccc21)c1ccc(Oc2cccnc2)cc1. The summed E-state index contributed by atoms with van der Waals surface area (Å²) in [6.07, 6.45) is 4.12. The molecule has 28 heavy (non-hydrogen) atoms. The van der Waals surface area contributed by atoms with E-state index in [1.807, 2.05) is 24.3 Å². The van der Waals surface area contributed by atoms with E-state index in [2.05, 4.69) is 10.3 Å². The molecular formula is C22H19N3O3. The van der Waals surface area contributed by atoms with E-state index in [1.54, 1.807) is 53.7 Å². The number of amides is 2. The zero-order chi connectivity index (χ0) is 19.3. The van der Waals surface area contributed by atoms with Gasteiger partial charge in [-0.15, -0.1) is 0 Å². The number of nitrogens with one attached hydrogen (secondary N) is 1. The number of carbonyl (C=O) groups excluding carboxylic acids is 2. The lowest BCUT2D eigenvalue weighted by molar-refractivity contribution is -0.117. The topological polar surface area (TPSA) is 71.5 Å². The number of para-hydroxylation sites is 1. The standard InChI is InChI=1S/C22H19N3O3/c26-21(25-13-11-16-4-1-2-6-20(16)25)15-24-22(27)17-7-9-18(10-8-17)28-19-5-3-12-23-14-19/h1-10,12,14H,11,13,15H2,(H,24,27). The Labute approximate surface area is 162 Å². The van der Waals surface area contributed by atoms with Crippen LogP contribution in [0.4, 0.5) is 5.69 Å². The first kappa shape index (κ1) is 17.7. The molecule has 2 aromatic carbocycles. The first-order chi connectivity index (χ1) is 13.7. The summed E-state index contributed by atoms with van der Waals surface area (Å²) < 4.78 is 5.66. The summed E-state index contributed by atoms with van der Waals surface area (Å²) in [5.74, 6) is 0.814. The molecule has 0 fully saturated rings. The Hall–Kier alpha value is -3.67. The van der Waals surface area contributed by atoms with Crippen molar-refractivity contribution in [3.8, 4) is 11.5 Å². The lowest BCUT2D eigenvalue weighted by Gasteiger charge is -2.17. The number of nitrogens with zero attached hydrogens (tertiary/aromatic N) is 2. The van der Waals surface area contributed by atoms with Gasteiger partial charge in [-0.05, 0) is 54.4 Å². The third kappa shape index (κ3) is 3.86. The molecule has 0 radical (unpaired) electrons. The minimum absolute atomic E-state index is 0.0406. The Morgan fingerprint density at radius 2 is 1.82 bits per heavy atom. The van der Waals surface area contributed by atoms with E-state index in [9.17, 15) is 9.59 Å². The number of anilines is 1. The average molecular weight is 373 g/mol. The molecule has 0 saturated carbocycles. The maximum atomic E-state index is 12.5. The van der Waals surface area contributed by atoms with E-state index in [0.717, 1.165) is 17.7 Å². The molecule has 1 aromatic heterocycles. The Balaban J connectivity index is 1.33. The molecule has 4 rings (SSSR count). The molecule has 2 heterocycles. The van der Waals surface area contributed by atoms with Crippen LogP contribution in [0.25, 0.3) is 0 Å². The van der Waals surface area contributed by atoms with Gasteiger partial charge in [0, 0.05) is 24.0 Å². The summed E-state index contributed by atoms with van der Waals surface area (Å²) in [7, 11) is 0. The van der Waals surface area contributed by atoms with Crippen molar-refractivity contribution in [3.63, 3.8) is 0 Å². The number of hydrogen-bond donors (Lipinski definition) is 1. The van der Waals surface area contributed by atoms with Gasteiger partial charge in [0.2, 0.25) is 5.91 Å². The van der Waals surface area contributed by atoms with Crippen LogP contribution in [0.1, 0.15) is 15.9 Å². The lowest BCUT2D eigenvalue weighted by Crippen LogP contribution is -2.39. The van der Waals surface area contributed by atoms with Gasteiger partial charge in [-0.1, -0.05) is 18.2 Å². The minimum Gasteiger partial charge on any atom is -0.456 e. The van der Waals surface area contributed by atoms with Gasteiger partial charge in [-0.3, -0.25) is 14.6 Å². The van der Waals surface area contributed by atoms with Crippen LogP contribution in [0.3, 0.4) is 0 Å². The molecule has 0 spiro atoms. The summed E-state index contributed by atoms with van der Waals surface area (Å²) in [5.41, 5.74) is 2.55. The summed E-state index contributed by atoms with van der Waals surface area (Å²) in [4.78, 5) is 30.5. The lowest BCUT2D eigenvalue weighted by atomic mass is 10.2. The van der Waals surface area contributed by atoms with Crippen LogP contribution >= 0.6 is 0 Å². The number of hydrogen-bond acceptors (Lipinski definition) is 4. The van der Waals surface area contributed by atoms with Crippen molar-refractivity contribution in [3.05, 3.63) is 84.2 Å². The third-order valence-electron chi connectivity index (χ3n) is 4.57. The highest BCUT2D eigenvalue weighted by Crippen LogP contribution is 2.27. The van der Waals surface area contributed by atoms with Crippen molar-refractivity contribution < 1.29 is 14.3 Å². The van der Waals surface area contributed by atoms with Crippen LogP contribution in [-0.4, -0.2) is 29.9 Å². The summed E-state index contributed by atoms with van der Waals surface area (Å²) in [6, 6.07) is 18.2. The van der Waals surface area contributed by atoms with E-state index in [1.165, 1.54) is 0 Å². The summed E-state index contributed by atoms with van der Waals surface area (Å²) in [5, 5.41) is 2.69. The maximum absolute atomic E-state index is 12.5. The van der Waals surface area contributed by atoms with E-state index >= 15 is 0 Å². The van der Waals surface area contributed by atoms with Crippen LogP contribution in [0.5, 0.6) is 11.5 Å². The van der Waals surface area contributed by atoms with Gasteiger partial charge in [0.25, 0.3) is 5.91 Å². The number of carbonyl (C=O) groups is 2. The van der Waals surface area contributed by atoms with E-state index < -0.39 is 0 Å². The predicted molar refractivity (Wildman–Crippen MR) is 106 cm³/mol. The van der Waals surface area contributed by atoms with Gasteiger partial charge in [-0.2, -0.15) is 0 Å². The number of rotatable bonds is 5. The van der Waals surface area contributed by atoms with E-state index in [-0.39, 0.29) is 18.4 Å². The highest BCUT2D eigenvalue weighted by atomic mass is 16.5. The van der Waals surface area contributed by atoms with Crippen molar-refractivity contribution in [2.45, 2.75) is 6.42 Å². The first-order valence-electron chi connectivity index (χ1n) is 9.05. The monoisotopic (exact) mass is 373 g/mol. The second-order valence-electron chi connectivity index (χ2n) is 6.42. The molecule has 1 aliphatic heterocycles. The summed E-state index contributed by atoms with van der Waals surface area (Å²) in [6.45, 7) is 0.607. The van der Waals surface area contributed by atoms with Crippen LogP contribution in [-0.2, 0) is 11.2 Å². The highest BCUT2D eigenvalue weighted by molar-refractivity contribution is 6.01. The third-order valence-corrected chi connectivity index (χ3v) is 4.57. The number of fused-ring (bicyclic) bond motifs is 1. The van der Waals surface area contributed by atoms with Gasteiger partial charge in [0.15, 0.2) is 0 Å². The fourth-order valence-electron chi connectivity index (χ4n) is 3.17. The predicted octanol–water partition coefficient (Wildman–Crippen LogP) is 3.19. The van der Waals surface area contributed by atoms with Crippen molar-refractivity contribution in [2.24, 2.45) is 0 Å². The second kappa shape index (κ2) is 7.92. The molecule has 0 atom stereocenters. The molecule has 3 aromatic rings. The second-order valence-corrected chi connectivity index (χ2v) is 6.42. The molecule has 6 heteroatoms. The van der Waals surface area contributed by atoms with E-state index in [4.69, 9.17) is 4.74 Å². The Morgan fingerprint density at radius 3 is 2.61 bits per heavy atom. The molecule has 1 aliphatic rings. The summed E-state index contributed by atoms with van der Waals surface area (Å²) >= 11 is 0. The average Bonchev–Trinajstić information content (AvgIpc) is 3.17. The zero-order valence-electron chi connectivity index (χ0n) is 15.2. The molecule has 140 valence electrons. The quantitative estimate of drug-likeness (QED) is 0.746. The number of aromatic nitrogens is 1. The maximum Gasteiger partial charge on any atom is 0.251 e. The minimum atomic E-state index is -0.297. The van der Waals surface area contributed by atoms with Gasteiger partial charge in [-0.25, -0.2) is 0 Å². The number of ether oxygens (including phenoxy) is 1. The molecule has 0 bridgehead atoms. The fourth-order valence-corrected chi connectivity index (χ4v) is 3.17. The molecule has 0 unspecified atom stereocenters. The smallest absolute Gasteiger partial charge is 0.251 e. The Morgan fingerprint density at radius 1 is 1.00 bits per heavy atom. The molecule has 6 nitrogen and oxygen atoms in total. The molecule has 0 saturated heterocycles. The van der Waals surface area contributed by atoms with Gasteiger partial charge in [0.1, 0.15) is 11.5 Å². The van der Waals surface area contributed by atoms with Crippen molar-refractivity contribution in [1.82, 2.24) is 10.3 Å².